The SMILES string of the molecule is COc1cc(NC(CO)CO)nc(C)n1. The number of anilines is 1. The van der Waals surface area contributed by atoms with Gasteiger partial charge in [-0.1, -0.05) is 0 Å². The molecule has 0 aromatic carbocycles. The number of methoxy groups -OCH3 is 1. The summed E-state index contributed by atoms with van der Waals surface area (Å²) in [5.41, 5.74) is 0. The molecule has 0 aliphatic rings. The Bertz CT molecular complexity index is 315. The molecule has 6 heteroatoms. The van der Waals surface area contributed by atoms with Crippen LogP contribution in [0.5, 0.6) is 5.88 Å². The van der Waals surface area contributed by atoms with Crippen LogP contribution in [0, 0.1) is 6.92 Å². The lowest BCUT2D eigenvalue weighted by Gasteiger charge is -2.14. The summed E-state index contributed by atoms with van der Waals surface area (Å²) in [6.07, 6.45) is 0. The van der Waals surface area contributed by atoms with Gasteiger partial charge in [0.05, 0.1) is 26.4 Å². The van der Waals surface area contributed by atoms with Crippen LogP contribution in [-0.4, -0.2) is 46.5 Å². The Kier molecular flexibility index (Phi) is 4.26. The van der Waals surface area contributed by atoms with Gasteiger partial charge in [-0.05, 0) is 6.92 Å². The zero-order chi connectivity index (χ0) is 11.3. The fourth-order valence-corrected chi connectivity index (χ4v) is 1.08. The smallest absolute Gasteiger partial charge is 0.218 e. The van der Waals surface area contributed by atoms with Crippen LogP contribution in [0.15, 0.2) is 6.07 Å². The van der Waals surface area contributed by atoms with Crippen LogP contribution < -0.4 is 10.1 Å². The number of hydrogen-bond acceptors (Lipinski definition) is 6. The molecule has 0 fully saturated rings. The van der Waals surface area contributed by atoms with E-state index in [1.807, 2.05) is 0 Å². The summed E-state index contributed by atoms with van der Waals surface area (Å²) in [7, 11) is 1.52. The minimum atomic E-state index is -0.427. The van der Waals surface area contributed by atoms with E-state index >= 15 is 0 Å². The van der Waals surface area contributed by atoms with Gasteiger partial charge in [-0.25, -0.2) is 4.98 Å². The highest BCUT2D eigenvalue weighted by Crippen LogP contribution is 2.13. The molecular weight excluding hydrogens is 198 g/mol. The zero-order valence-electron chi connectivity index (χ0n) is 8.77. The predicted octanol–water partition coefficient (Wildman–Crippen LogP) is -0.441. The maximum atomic E-state index is 8.89. The van der Waals surface area contributed by atoms with E-state index in [4.69, 9.17) is 14.9 Å². The fourth-order valence-electron chi connectivity index (χ4n) is 1.08. The van der Waals surface area contributed by atoms with Crippen molar-refractivity contribution in [3.63, 3.8) is 0 Å². The van der Waals surface area contributed by atoms with Gasteiger partial charge in [-0.15, -0.1) is 0 Å². The molecule has 3 N–H and O–H groups in total. The topological polar surface area (TPSA) is 87.5 Å². The molecule has 1 aromatic heterocycles. The Morgan fingerprint density at radius 1 is 1.40 bits per heavy atom. The number of hydrogen-bond donors (Lipinski definition) is 3. The van der Waals surface area contributed by atoms with Gasteiger partial charge in [-0.3, -0.25) is 0 Å². The normalized spacial score (nSPS) is 10.5. The minimum Gasteiger partial charge on any atom is -0.481 e. The molecule has 0 unspecified atom stereocenters. The first kappa shape index (κ1) is 11.7. The molecule has 0 spiro atoms. The number of aromatic nitrogens is 2. The van der Waals surface area contributed by atoms with E-state index in [1.165, 1.54) is 7.11 Å². The molecule has 1 rings (SSSR count). The largest absolute Gasteiger partial charge is 0.481 e. The van der Waals surface area contributed by atoms with Crippen LogP contribution in [0.4, 0.5) is 5.82 Å². The quantitative estimate of drug-likeness (QED) is 0.614. The Hall–Kier alpha value is -1.40. The highest BCUT2D eigenvalue weighted by atomic mass is 16.5. The number of aliphatic hydroxyl groups is 2. The standard InChI is InChI=1S/C9H15N3O3/c1-6-10-8(3-9(11-6)15-2)12-7(4-13)5-14/h3,7,13-14H,4-5H2,1-2H3,(H,10,11,12). The van der Waals surface area contributed by atoms with Crippen LogP contribution >= 0.6 is 0 Å². The van der Waals surface area contributed by atoms with E-state index in [0.29, 0.717) is 17.5 Å². The van der Waals surface area contributed by atoms with Crippen molar-refractivity contribution in [3.8, 4) is 5.88 Å². The summed E-state index contributed by atoms with van der Waals surface area (Å²) in [6, 6.07) is 1.18. The summed E-state index contributed by atoms with van der Waals surface area (Å²) in [5.74, 6) is 1.53. The van der Waals surface area contributed by atoms with E-state index in [2.05, 4.69) is 15.3 Å². The van der Waals surface area contributed by atoms with Gasteiger partial charge >= 0.3 is 0 Å². The maximum absolute atomic E-state index is 8.89. The van der Waals surface area contributed by atoms with Gasteiger partial charge in [0.25, 0.3) is 0 Å². The van der Waals surface area contributed by atoms with Crippen LogP contribution in [0.3, 0.4) is 0 Å². The van der Waals surface area contributed by atoms with Gasteiger partial charge in [0.2, 0.25) is 5.88 Å². The van der Waals surface area contributed by atoms with Crippen molar-refractivity contribution >= 4 is 5.82 Å². The van der Waals surface area contributed by atoms with Crippen molar-refractivity contribution in [1.82, 2.24) is 9.97 Å². The number of nitrogens with zero attached hydrogens (tertiary/aromatic N) is 2. The third kappa shape index (κ3) is 3.34. The number of aliphatic hydroxyl groups excluding tert-OH is 2. The molecule has 0 amide bonds. The number of ether oxygens (including phenoxy) is 1. The van der Waals surface area contributed by atoms with Crippen molar-refractivity contribution < 1.29 is 14.9 Å². The zero-order valence-corrected chi connectivity index (χ0v) is 8.77. The lowest BCUT2D eigenvalue weighted by Crippen LogP contribution is -2.28. The first-order valence-corrected chi connectivity index (χ1v) is 4.57. The molecule has 0 saturated heterocycles. The Balaban J connectivity index is 2.79. The lowest BCUT2D eigenvalue weighted by molar-refractivity contribution is 0.203. The maximum Gasteiger partial charge on any atom is 0.218 e. The van der Waals surface area contributed by atoms with E-state index < -0.39 is 6.04 Å². The summed E-state index contributed by atoms with van der Waals surface area (Å²) < 4.78 is 4.97. The van der Waals surface area contributed by atoms with Crippen molar-refractivity contribution in [2.75, 3.05) is 25.6 Å². The van der Waals surface area contributed by atoms with Crippen molar-refractivity contribution in [3.05, 3.63) is 11.9 Å². The first-order valence-electron chi connectivity index (χ1n) is 4.57. The second-order valence-corrected chi connectivity index (χ2v) is 3.05. The molecule has 15 heavy (non-hydrogen) atoms. The van der Waals surface area contributed by atoms with Crippen LogP contribution in [0.25, 0.3) is 0 Å². The summed E-state index contributed by atoms with van der Waals surface area (Å²) >= 11 is 0. The summed E-state index contributed by atoms with van der Waals surface area (Å²) in [6.45, 7) is 1.41. The molecule has 0 bridgehead atoms. The van der Waals surface area contributed by atoms with E-state index in [9.17, 15) is 0 Å². The fraction of sp³-hybridized carbons (Fsp3) is 0.556. The highest BCUT2D eigenvalue weighted by Gasteiger charge is 2.08. The number of rotatable bonds is 5. The van der Waals surface area contributed by atoms with Crippen LogP contribution in [0.1, 0.15) is 5.82 Å². The van der Waals surface area contributed by atoms with Gasteiger partial charge in [0.1, 0.15) is 11.6 Å². The molecule has 0 atom stereocenters. The van der Waals surface area contributed by atoms with Gasteiger partial charge in [-0.2, -0.15) is 4.98 Å². The molecule has 0 aliphatic carbocycles. The molecule has 84 valence electrons. The second-order valence-electron chi connectivity index (χ2n) is 3.05. The lowest BCUT2D eigenvalue weighted by atomic mass is 10.3. The molecule has 0 radical (unpaired) electrons. The molecule has 0 aliphatic heterocycles. The average Bonchev–Trinajstić information content (AvgIpc) is 2.25. The van der Waals surface area contributed by atoms with Crippen LogP contribution in [-0.2, 0) is 0 Å². The average molecular weight is 213 g/mol. The monoisotopic (exact) mass is 213 g/mol. The molecule has 0 saturated carbocycles. The minimum absolute atomic E-state index is 0.165. The first-order chi connectivity index (χ1) is 7.19. The van der Waals surface area contributed by atoms with Crippen molar-refractivity contribution in [2.24, 2.45) is 0 Å². The van der Waals surface area contributed by atoms with E-state index in [-0.39, 0.29) is 13.2 Å². The molecule has 6 nitrogen and oxygen atoms in total. The number of aryl methyl sites for hydroxylation is 1. The highest BCUT2D eigenvalue weighted by molar-refractivity contribution is 5.39. The van der Waals surface area contributed by atoms with E-state index in [0.717, 1.165) is 0 Å². The summed E-state index contributed by atoms with van der Waals surface area (Å²) in [4.78, 5) is 8.11. The second kappa shape index (κ2) is 5.47. The Morgan fingerprint density at radius 3 is 2.60 bits per heavy atom. The Labute approximate surface area is 87.9 Å². The van der Waals surface area contributed by atoms with Gasteiger partial charge in [0, 0.05) is 6.07 Å². The van der Waals surface area contributed by atoms with Gasteiger partial charge in [0.15, 0.2) is 0 Å². The third-order valence-corrected chi connectivity index (χ3v) is 1.82. The summed E-state index contributed by atoms with van der Waals surface area (Å²) in [5, 5.41) is 20.6. The van der Waals surface area contributed by atoms with E-state index in [1.54, 1.807) is 13.0 Å². The molecular formula is C9H15N3O3. The van der Waals surface area contributed by atoms with Crippen molar-refractivity contribution in [1.29, 1.82) is 0 Å². The Morgan fingerprint density at radius 2 is 2.07 bits per heavy atom. The predicted molar refractivity (Wildman–Crippen MR) is 54.9 cm³/mol. The van der Waals surface area contributed by atoms with Gasteiger partial charge < -0.3 is 20.3 Å². The van der Waals surface area contributed by atoms with Crippen LogP contribution in [0.2, 0.25) is 0 Å². The third-order valence-electron chi connectivity index (χ3n) is 1.82. The van der Waals surface area contributed by atoms with Crippen molar-refractivity contribution in [2.45, 2.75) is 13.0 Å². The molecule has 1 heterocycles. The number of nitrogens with one attached hydrogen (secondary N) is 1. The molecule has 1 aromatic rings.